The van der Waals surface area contributed by atoms with Crippen molar-refractivity contribution in [3.63, 3.8) is 0 Å². The first-order valence-corrected chi connectivity index (χ1v) is 10.7. The van der Waals surface area contributed by atoms with Crippen LogP contribution in [0.3, 0.4) is 0 Å². The quantitative estimate of drug-likeness (QED) is 0.767. The summed E-state index contributed by atoms with van der Waals surface area (Å²) in [5.74, 6) is 0.984. The van der Waals surface area contributed by atoms with E-state index in [4.69, 9.17) is 14.8 Å². The van der Waals surface area contributed by atoms with E-state index < -0.39 is 0 Å². The molecule has 0 atom stereocenters. The highest BCUT2D eigenvalue weighted by molar-refractivity contribution is 7.99. The maximum Gasteiger partial charge on any atom is 0.137 e. The second kappa shape index (κ2) is 9.42. The van der Waals surface area contributed by atoms with Crippen molar-refractivity contribution in [3.8, 4) is 6.07 Å². The highest BCUT2D eigenvalue weighted by Gasteiger charge is 2.25. The standard InChI is InChI=1S/C22H24N4O2S/c23-16-17-5-6-18-21(15-17)29-20-4-2-1-3-19(20)24-22(18)26-9-7-25(8-10-26)11-13-28-14-12-27/h1-6,15,27H,7-14H2. The van der Waals surface area contributed by atoms with Crippen LogP contribution in [0.2, 0.25) is 0 Å². The van der Waals surface area contributed by atoms with Gasteiger partial charge in [0.05, 0.1) is 37.1 Å². The number of nitrogens with zero attached hydrogens (tertiary/aromatic N) is 4. The van der Waals surface area contributed by atoms with Gasteiger partial charge in [-0.25, -0.2) is 4.99 Å². The Balaban J connectivity index is 1.55. The van der Waals surface area contributed by atoms with E-state index in [2.05, 4.69) is 21.9 Å². The molecule has 1 N–H and O–H groups in total. The molecule has 0 aromatic heterocycles. The molecule has 6 nitrogen and oxygen atoms in total. The first-order valence-electron chi connectivity index (χ1n) is 9.84. The van der Waals surface area contributed by atoms with Crippen LogP contribution in [0.15, 0.2) is 57.2 Å². The highest BCUT2D eigenvalue weighted by atomic mass is 32.2. The van der Waals surface area contributed by atoms with E-state index in [1.807, 2.05) is 36.4 Å². The topological polar surface area (TPSA) is 72.1 Å². The van der Waals surface area contributed by atoms with Gasteiger partial charge in [0.15, 0.2) is 0 Å². The minimum absolute atomic E-state index is 0.0695. The Labute approximate surface area is 175 Å². The van der Waals surface area contributed by atoms with E-state index in [1.54, 1.807) is 11.8 Å². The monoisotopic (exact) mass is 408 g/mol. The van der Waals surface area contributed by atoms with E-state index in [0.717, 1.165) is 59.6 Å². The van der Waals surface area contributed by atoms with Gasteiger partial charge in [-0.05, 0) is 30.3 Å². The van der Waals surface area contributed by atoms with Gasteiger partial charge in [-0.2, -0.15) is 5.26 Å². The van der Waals surface area contributed by atoms with E-state index >= 15 is 0 Å². The molecule has 0 unspecified atom stereocenters. The Hall–Kier alpha value is -2.37. The van der Waals surface area contributed by atoms with Crippen LogP contribution >= 0.6 is 11.8 Å². The molecule has 7 heteroatoms. The molecule has 0 bridgehead atoms. The van der Waals surface area contributed by atoms with Gasteiger partial charge in [-0.3, -0.25) is 4.90 Å². The summed E-state index contributed by atoms with van der Waals surface area (Å²) < 4.78 is 5.39. The Bertz CT molecular complexity index is 933. The van der Waals surface area contributed by atoms with Crippen molar-refractivity contribution in [2.24, 2.45) is 4.99 Å². The van der Waals surface area contributed by atoms with Crippen molar-refractivity contribution in [1.29, 1.82) is 5.26 Å². The molecule has 2 aliphatic heterocycles. The molecule has 0 amide bonds. The second-order valence-corrected chi connectivity index (χ2v) is 8.08. The summed E-state index contributed by atoms with van der Waals surface area (Å²) >= 11 is 1.68. The number of aliphatic hydroxyl groups excluding tert-OH is 1. The molecule has 2 heterocycles. The van der Waals surface area contributed by atoms with Crippen LogP contribution in [0.4, 0.5) is 5.69 Å². The van der Waals surface area contributed by atoms with Gasteiger partial charge in [0.1, 0.15) is 5.84 Å². The molecule has 2 aromatic carbocycles. The number of piperazine rings is 1. The molecule has 2 aromatic rings. The van der Waals surface area contributed by atoms with Crippen LogP contribution in [0.5, 0.6) is 0 Å². The molecule has 0 radical (unpaired) electrons. The number of hydrogen-bond acceptors (Lipinski definition) is 7. The van der Waals surface area contributed by atoms with Gasteiger partial charge >= 0.3 is 0 Å². The maximum absolute atomic E-state index is 9.32. The zero-order chi connectivity index (χ0) is 20.1. The third-order valence-electron chi connectivity index (χ3n) is 5.12. The lowest BCUT2D eigenvalue weighted by Gasteiger charge is -2.36. The predicted octanol–water partition coefficient (Wildman–Crippen LogP) is 2.73. The first kappa shape index (κ1) is 19.9. The van der Waals surface area contributed by atoms with Gasteiger partial charge in [0, 0.05) is 48.1 Å². The van der Waals surface area contributed by atoms with E-state index in [1.165, 1.54) is 0 Å². The minimum Gasteiger partial charge on any atom is -0.394 e. The fraction of sp³-hybridized carbons (Fsp3) is 0.364. The molecule has 29 heavy (non-hydrogen) atoms. The van der Waals surface area contributed by atoms with Gasteiger partial charge < -0.3 is 14.7 Å². The number of fused-ring (bicyclic) bond motifs is 2. The average Bonchev–Trinajstić information content (AvgIpc) is 2.93. The smallest absolute Gasteiger partial charge is 0.137 e. The third kappa shape index (κ3) is 4.62. The highest BCUT2D eigenvalue weighted by Crippen LogP contribution is 2.41. The van der Waals surface area contributed by atoms with Crippen molar-refractivity contribution < 1.29 is 9.84 Å². The van der Waals surface area contributed by atoms with Gasteiger partial charge in [-0.15, -0.1) is 0 Å². The van der Waals surface area contributed by atoms with Crippen LogP contribution in [0.25, 0.3) is 0 Å². The Morgan fingerprint density at radius 2 is 1.90 bits per heavy atom. The summed E-state index contributed by atoms with van der Waals surface area (Å²) in [6, 6.07) is 16.3. The molecule has 2 aliphatic rings. The number of hydrogen-bond donors (Lipinski definition) is 1. The molecular formula is C22H24N4O2S. The molecule has 0 spiro atoms. The summed E-state index contributed by atoms with van der Waals surface area (Å²) in [4.78, 5) is 12.0. The van der Waals surface area contributed by atoms with Crippen molar-refractivity contribution in [2.45, 2.75) is 9.79 Å². The Morgan fingerprint density at radius 1 is 1.07 bits per heavy atom. The molecule has 4 rings (SSSR count). The fourth-order valence-corrected chi connectivity index (χ4v) is 4.63. The number of rotatable bonds is 5. The second-order valence-electron chi connectivity index (χ2n) is 6.99. The van der Waals surface area contributed by atoms with Crippen LogP contribution in [-0.2, 0) is 4.74 Å². The van der Waals surface area contributed by atoms with Crippen molar-refractivity contribution >= 4 is 23.3 Å². The van der Waals surface area contributed by atoms with Crippen molar-refractivity contribution in [2.75, 3.05) is 52.5 Å². The zero-order valence-corrected chi connectivity index (χ0v) is 17.1. The first-order chi connectivity index (χ1) is 14.3. The molecule has 0 saturated carbocycles. The third-order valence-corrected chi connectivity index (χ3v) is 6.25. The Kier molecular flexibility index (Phi) is 6.47. The number of para-hydroxylation sites is 1. The maximum atomic E-state index is 9.32. The lowest BCUT2D eigenvalue weighted by molar-refractivity contribution is 0.0652. The summed E-state index contributed by atoms with van der Waals surface area (Å²) in [6.45, 7) is 5.67. The van der Waals surface area contributed by atoms with Crippen molar-refractivity contribution in [1.82, 2.24) is 9.80 Å². The number of amidine groups is 1. The number of nitriles is 1. The minimum atomic E-state index is 0.0695. The molecule has 150 valence electrons. The molecule has 0 aliphatic carbocycles. The lowest BCUT2D eigenvalue weighted by Crippen LogP contribution is -2.49. The van der Waals surface area contributed by atoms with E-state index in [9.17, 15) is 5.26 Å². The largest absolute Gasteiger partial charge is 0.394 e. The lowest BCUT2D eigenvalue weighted by atomic mass is 10.1. The van der Waals surface area contributed by atoms with Crippen LogP contribution in [-0.4, -0.2) is 73.3 Å². The molecule has 1 fully saturated rings. The Morgan fingerprint density at radius 3 is 2.69 bits per heavy atom. The SMILES string of the molecule is N#Cc1ccc2c(c1)Sc1ccccc1N=C2N1CCN(CCOCCO)CC1. The van der Waals surface area contributed by atoms with Gasteiger partial charge in [0.2, 0.25) is 0 Å². The summed E-state index contributed by atoms with van der Waals surface area (Å²) in [5.41, 5.74) is 2.73. The van der Waals surface area contributed by atoms with Crippen molar-refractivity contribution in [3.05, 3.63) is 53.6 Å². The number of ether oxygens (including phenoxy) is 1. The predicted molar refractivity (Wildman–Crippen MR) is 114 cm³/mol. The van der Waals surface area contributed by atoms with E-state index in [0.29, 0.717) is 18.8 Å². The summed E-state index contributed by atoms with van der Waals surface area (Å²) in [7, 11) is 0. The number of aliphatic imine (C=N–C) groups is 1. The zero-order valence-electron chi connectivity index (χ0n) is 16.3. The number of aliphatic hydroxyl groups is 1. The van der Waals surface area contributed by atoms with Gasteiger partial charge in [0.25, 0.3) is 0 Å². The molecule has 1 saturated heterocycles. The van der Waals surface area contributed by atoms with E-state index in [-0.39, 0.29) is 6.61 Å². The number of benzene rings is 2. The summed E-state index contributed by atoms with van der Waals surface area (Å²) in [6.07, 6.45) is 0. The summed E-state index contributed by atoms with van der Waals surface area (Å²) in [5, 5.41) is 18.1. The van der Waals surface area contributed by atoms with Crippen LogP contribution in [0, 0.1) is 11.3 Å². The molecular weight excluding hydrogens is 384 g/mol. The fourth-order valence-electron chi connectivity index (χ4n) is 3.57. The van der Waals surface area contributed by atoms with Crippen LogP contribution < -0.4 is 0 Å². The van der Waals surface area contributed by atoms with Crippen LogP contribution in [0.1, 0.15) is 11.1 Å². The average molecular weight is 409 g/mol. The normalized spacial score (nSPS) is 16.4. The van der Waals surface area contributed by atoms with Gasteiger partial charge in [-0.1, -0.05) is 23.9 Å².